The van der Waals surface area contributed by atoms with Gasteiger partial charge in [0.2, 0.25) is 106 Å². The number of fused-ring (bicyclic) bond motifs is 4. The Morgan fingerprint density at radius 3 is 1.60 bits per heavy atom. The molecule has 0 spiro atoms. The number of nitrogens with zero attached hydrogens (tertiary/aromatic N) is 5. The van der Waals surface area contributed by atoms with Crippen molar-refractivity contribution in [1.82, 2.24) is 82.7 Å². The van der Waals surface area contributed by atoms with Gasteiger partial charge in [0.25, 0.3) is 0 Å². The monoisotopic (exact) mass is 1840 g/mol. The van der Waals surface area contributed by atoms with Crippen LogP contribution in [0.3, 0.4) is 0 Å². The van der Waals surface area contributed by atoms with Gasteiger partial charge in [-0.1, -0.05) is 116 Å². The molecule has 1 unspecified atom stereocenters. The number of carbonyl (C=O) groups is 18. The number of primary amides is 3. The highest BCUT2D eigenvalue weighted by Crippen LogP contribution is 2.30. The van der Waals surface area contributed by atoms with Crippen LogP contribution in [-0.2, 0) is 106 Å². The number of H-pyrrole nitrogens is 1. The van der Waals surface area contributed by atoms with E-state index < -0.39 is 228 Å². The number of aliphatic hydroxyl groups is 1. The van der Waals surface area contributed by atoms with Crippen LogP contribution in [0.5, 0.6) is 5.75 Å². The Kier molecular flexibility index (Phi) is 38.8. The van der Waals surface area contributed by atoms with E-state index in [1.165, 1.54) is 78.4 Å². The molecular weight excluding hydrogens is 1720 g/mol. The number of thioether (sulfide) groups is 1. The molecular formula is C89H125N19O20S2. The zero-order valence-corrected chi connectivity index (χ0v) is 76.7. The Bertz CT molecular complexity index is 4910. The highest BCUT2D eigenvalue weighted by Gasteiger charge is 2.46. The number of carbonyl (C=O) groups excluding carboxylic acids is 18. The molecule has 8 rings (SSSR count). The summed E-state index contributed by atoms with van der Waals surface area (Å²) in [5.41, 5.74) is 19.0. The maximum absolute atomic E-state index is 15.7. The molecule has 0 saturated carbocycles. The zero-order chi connectivity index (χ0) is 95.5. The summed E-state index contributed by atoms with van der Waals surface area (Å²) in [6.07, 6.45) is 1.35. The summed E-state index contributed by atoms with van der Waals surface area (Å²) >= 11 is 2.14. The largest absolute Gasteiger partial charge is 0.508 e. The summed E-state index contributed by atoms with van der Waals surface area (Å²) in [7, 11) is 3.96. The van der Waals surface area contributed by atoms with Crippen LogP contribution in [0.15, 0.2) is 84.4 Å². The Morgan fingerprint density at radius 1 is 0.500 bits per heavy atom. The van der Waals surface area contributed by atoms with Crippen molar-refractivity contribution in [3.05, 3.63) is 101 Å². The molecule has 39 nitrogen and oxygen atoms in total. The van der Waals surface area contributed by atoms with E-state index in [1.54, 1.807) is 69.6 Å². The maximum atomic E-state index is 15.7. The molecule has 0 radical (unpaired) electrons. The highest BCUT2D eigenvalue weighted by molar-refractivity contribution is 8.00. The van der Waals surface area contributed by atoms with E-state index in [0.29, 0.717) is 53.3 Å². The van der Waals surface area contributed by atoms with Crippen LogP contribution in [0.2, 0.25) is 0 Å². The number of phenols is 1. The lowest BCUT2D eigenvalue weighted by Gasteiger charge is -2.36. The molecule has 0 bridgehead atoms. The molecule has 2 aromatic heterocycles. The Balaban J connectivity index is 1.18. The number of rotatable bonds is 24. The number of phenolic OH excluding ortho intramolecular Hbond substituents is 1. The van der Waals surface area contributed by atoms with Gasteiger partial charge in [0.15, 0.2) is 0 Å². The molecule has 5 heterocycles. The number of likely N-dealkylation sites (N-methyl/N-ethyl adjacent to an activating group) is 3. The number of hydrogen-bond donors (Lipinski definition) is 16. The van der Waals surface area contributed by atoms with Crippen LogP contribution in [0.1, 0.15) is 155 Å². The normalized spacial score (nSPS) is 24.8. The van der Waals surface area contributed by atoms with Crippen molar-refractivity contribution in [2.45, 2.75) is 242 Å². The lowest BCUT2D eigenvalue weighted by molar-refractivity contribution is -0.149. The first kappa shape index (κ1) is 103. The number of aliphatic hydroxyl groups excluding tert-OH is 1. The minimum Gasteiger partial charge on any atom is -0.508 e. The minimum absolute atomic E-state index is 0.0279. The van der Waals surface area contributed by atoms with E-state index in [4.69, 9.17) is 17.2 Å². The number of amides is 18. The molecule has 5 aromatic rings. The van der Waals surface area contributed by atoms with Crippen molar-refractivity contribution in [2.24, 2.45) is 29.0 Å². The van der Waals surface area contributed by atoms with Gasteiger partial charge >= 0.3 is 0 Å². The second kappa shape index (κ2) is 48.9. The summed E-state index contributed by atoms with van der Waals surface area (Å²) in [6, 6.07) is -1.41. The lowest BCUT2D eigenvalue weighted by atomic mass is 9.99. The third kappa shape index (κ3) is 28.6. The fourth-order valence-corrected chi connectivity index (χ4v) is 18.0. The molecule has 19 N–H and O–H groups in total. The molecule has 3 aliphatic rings. The minimum atomic E-state index is -1.84. The number of unbranched alkanes of at least 4 members (excludes halogenated alkanes) is 2. The van der Waals surface area contributed by atoms with Crippen LogP contribution < -0.4 is 70.4 Å². The molecule has 3 aromatic carbocycles. The van der Waals surface area contributed by atoms with Crippen LogP contribution in [0.4, 0.5) is 0 Å². The Morgan fingerprint density at radius 2 is 0.992 bits per heavy atom. The van der Waals surface area contributed by atoms with Gasteiger partial charge in [0.05, 0.1) is 31.7 Å². The van der Waals surface area contributed by atoms with Gasteiger partial charge in [0.1, 0.15) is 90.3 Å². The second-order valence-electron chi connectivity index (χ2n) is 34.2. The lowest BCUT2D eigenvalue weighted by Crippen LogP contribution is -2.62. The molecule has 41 heteroatoms. The van der Waals surface area contributed by atoms with Crippen LogP contribution in [0.25, 0.3) is 21.0 Å². The number of aromatic nitrogens is 1. The van der Waals surface area contributed by atoms with Crippen molar-refractivity contribution >= 4 is 150 Å². The Hall–Kier alpha value is -12.3. The fourth-order valence-electron chi connectivity index (χ4n) is 16.2. The highest BCUT2D eigenvalue weighted by atomic mass is 32.2. The van der Waals surface area contributed by atoms with Crippen LogP contribution >= 0.6 is 23.1 Å². The molecule has 3 saturated heterocycles. The summed E-state index contributed by atoms with van der Waals surface area (Å²) < 4.78 is 0.822. The molecule has 3 aliphatic heterocycles. The van der Waals surface area contributed by atoms with Crippen molar-refractivity contribution in [1.29, 1.82) is 0 Å². The molecule has 18 amide bonds. The second-order valence-corrected chi connectivity index (χ2v) is 36.1. The number of aromatic amines is 1. The topological polar surface area (TPSA) is 578 Å². The van der Waals surface area contributed by atoms with Crippen molar-refractivity contribution in [3.63, 3.8) is 0 Å². The van der Waals surface area contributed by atoms with Gasteiger partial charge in [-0.25, -0.2) is 0 Å². The summed E-state index contributed by atoms with van der Waals surface area (Å²) in [5, 5.41) is 50.9. The first-order chi connectivity index (χ1) is 61.7. The van der Waals surface area contributed by atoms with Crippen molar-refractivity contribution in [2.75, 3.05) is 58.9 Å². The van der Waals surface area contributed by atoms with Gasteiger partial charge in [-0.05, 0) is 122 Å². The molecule has 708 valence electrons. The van der Waals surface area contributed by atoms with E-state index in [9.17, 15) is 63.0 Å². The zero-order valence-electron chi connectivity index (χ0n) is 75.1. The van der Waals surface area contributed by atoms with E-state index >= 15 is 33.6 Å². The van der Waals surface area contributed by atoms with Crippen LogP contribution in [0, 0.1) is 11.8 Å². The van der Waals surface area contributed by atoms with E-state index in [1.807, 2.05) is 32.0 Å². The smallest absolute Gasteiger partial charge is 0.246 e. The number of nitrogens with one attached hydrogen (secondary N) is 11. The number of thiophene rings is 1. The van der Waals surface area contributed by atoms with Gasteiger partial charge in [-0.2, -0.15) is 0 Å². The van der Waals surface area contributed by atoms with Crippen molar-refractivity contribution in [3.8, 4) is 5.75 Å². The Labute approximate surface area is 762 Å². The van der Waals surface area contributed by atoms with Gasteiger partial charge in [-0.3, -0.25) is 86.3 Å². The van der Waals surface area contributed by atoms with E-state index in [0.717, 1.165) is 31.6 Å². The standard InChI is InChI=1S/C89H125N19O20S2/c1-11-13-24-67-82(121)96-58(35-48(3)4)78(117)103-66(77(116)94-43-74(92)113)46-129-47-75(114)95-62(37-51-29-31-54(110)32-30-51)85(124)104(8)50(7)76(115)99-64(41-73(91)112)88(127)108-34-20-27-69(108)84(123)98-60(40-72(90)111)80(119)100-61(36-49(5)6)87(126)107-33-19-26-68(107)83(122)97-59(39-53-45-130-71-28-18-16-22-56(53)71)79(118)102-65(44-109)81(120)101-63(38-52-42-93-57-23-17-15-21-55(52)57)86(125)106(10)70(25-14-12-2)89(128)105(67)9/h15-18,21-23,28-32,42,45,48-50,58-70,93,109-110H,11-14,19-20,24-27,33-41,43-44,46-47H2,1-10H3,(H2,90,111)(H2,91,112)(H2,92,113)(H,94,116)(H,95,114)(H,96,121)(H,97,122)(H,98,123)(H,99,115)(H,100,119)(H,101,120)(H,102,118)(H,103,117)/t50-,58-,59-,60-,61-,62-,63-,64-,65-,66?,67-,68-,69-,70-/m0/s1. The van der Waals surface area contributed by atoms with Gasteiger partial charge < -0.3 is 110 Å². The third-order valence-electron chi connectivity index (χ3n) is 23.3. The first-order valence-corrected chi connectivity index (χ1v) is 46.0. The number of hydrogen-bond acceptors (Lipinski definition) is 22. The predicted molar refractivity (Wildman–Crippen MR) is 484 cm³/mol. The first-order valence-electron chi connectivity index (χ1n) is 44.0. The van der Waals surface area contributed by atoms with Gasteiger partial charge in [0, 0.05) is 81.0 Å². The van der Waals surface area contributed by atoms with Crippen molar-refractivity contribution < 1.29 is 96.5 Å². The fraction of sp³-hybridized carbons (Fsp3) is 0.551. The molecule has 3 fully saturated rings. The average Bonchev–Trinajstić information content (AvgIpc) is 1.70. The molecule has 14 atom stereocenters. The summed E-state index contributed by atoms with van der Waals surface area (Å²) in [6.45, 7) is 10.1. The van der Waals surface area contributed by atoms with E-state index in [2.05, 4.69) is 58.2 Å². The quantitative estimate of drug-likeness (QED) is 0.0371. The van der Waals surface area contributed by atoms with Gasteiger partial charge in [-0.15, -0.1) is 23.1 Å². The number of aromatic hydroxyl groups is 1. The SMILES string of the molecule is CCCC[C@H]1C(=O)N(C)[C@@H](CCCC)C(=O)N[C@@H](CC(C)C)C(=O)NC(C(=O)NCC(N)=O)CSCC(=O)N[C@@H](Cc2ccc(O)cc2)C(=O)N(C)[C@@H](C)C(=O)N[C@@H](CC(N)=O)C(=O)N2CCC[C@H]2C(=O)N[C@@H](CC(N)=O)C(=O)N[C@@H](CC(C)C)C(=O)N2CCC[C@H]2C(=O)N[C@@H](Cc2csc3ccccc23)C(=O)N[C@@H](CO)C(=O)N[C@@H](Cc2c[nH]c3ccccc23)C(=O)N1C. The number of nitrogens with two attached hydrogens (primary N) is 3. The summed E-state index contributed by atoms with van der Waals surface area (Å²) in [4.78, 5) is 270. The molecule has 130 heavy (non-hydrogen) atoms. The number of para-hydroxylation sites is 1. The van der Waals surface area contributed by atoms with Crippen LogP contribution in [-0.4, -0.2) is 290 Å². The third-order valence-corrected chi connectivity index (χ3v) is 25.4. The number of benzene rings is 3. The van der Waals surface area contributed by atoms with E-state index in [-0.39, 0.29) is 101 Å². The maximum Gasteiger partial charge on any atom is 0.246 e. The molecule has 0 aliphatic carbocycles. The predicted octanol–water partition coefficient (Wildman–Crippen LogP) is -0.474. The average molecular weight is 1850 g/mol. The summed E-state index contributed by atoms with van der Waals surface area (Å²) in [5.74, 6) is -18.5.